The van der Waals surface area contributed by atoms with Gasteiger partial charge in [0, 0.05) is 5.69 Å². The van der Waals surface area contributed by atoms with E-state index in [0.29, 0.717) is 0 Å². The van der Waals surface area contributed by atoms with Crippen molar-refractivity contribution in [3.63, 3.8) is 0 Å². The van der Waals surface area contributed by atoms with Gasteiger partial charge in [0.25, 0.3) is 0 Å². The van der Waals surface area contributed by atoms with Gasteiger partial charge in [-0.05, 0) is 76.9 Å². The van der Waals surface area contributed by atoms with Gasteiger partial charge in [-0.2, -0.15) is 0 Å². The average Bonchev–Trinajstić information content (AvgIpc) is 2.57. The van der Waals surface area contributed by atoms with Crippen LogP contribution in [-0.2, 0) is 12.8 Å². The minimum Gasteiger partial charge on any atom is -0.399 e. The molecule has 0 saturated heterocycles. The quantitative estimate of drug-likeness (QED) is 0.500. The first-order chi connectivity index (χ1) is 11.7. The summed E-state index contributed by atoms with van der Waals surface area (Å²) in [5.74, 6) is 0. The van der Waals surface area contributed by atoms with Crippen molar-refractivity contribution in [3.05, 3.63) is 88.5 Å². The summed E-state index contributed by atoms with van der Waals surface area (Å²) in [7, 11) is 0. The topological polar surface area (TPSA) is 26.0 Å². The summed E-state index contributed by atoms with van der Waals surface area (Å²) in [4.78, 5) is 0. The molecule has 1 aliphatic carbocycles. The summed E-state index contributed by atoms with van der Waals surface area (Å²) in [5, 5.41) is 0. The van der Waals surface area contributed by atoms with Gasteiger partial charge in [-0.3, -0.25) is 0 Å². The molecule has 2 N–H and O–H groups in total. The molecule has 0 atom stereocenters. The molecular formula is C23H21N. The normalized spacial score (nSPS) is 12.9. The van der Waals surface area contributed by atoms with Crippen LogP contribution < -0.4 is 5.73 Å². The molecule has 0 radical (unpaired) electrons. The SMILES string of the molecule is Cc1ccc(N)cc1-c1cccc(/C=C/c2ccc3c(c2)CC3)c1. The minimum absolute atomic E-state index is 0.804. The molecule has 0 heterocycles. The number of nitrogens with two attached hydrogens (primary N) is 1. The minimum atomic E-state index is 0.804. The van der Waals surface area contributed by atoms with Crippen molar-refractivity contribution < 1.29 is 0 Å². The fourth-order valence-electron chi connectivity index (χ4n) is 3.27. The first-order valence-electron chi connectivity index (χ1n) is 8.45. The fraction of sp³-hybridized carbons (Fsp3) is 0.130. The Balaban J connectivity index is 1.63. The summed E-state index contributed by atoms with van der Waals surface area (Å²) < 4.78 is 0. The number of hydrogen-bond donors (Lipinski definition) is 1. The number of fused-ring (bicyclic) bond motifs is 1. The van der Waals surface area contributed by atoms with E-state index in [1.165, 1.54) is 51.8 Å². The van der Waals surface area contributed by atoms with E-state index in [1.54, 1.807) is 0 Å². The van der Waals surface area contributed by atoms with Crippen LogP contribution in [0.2, 0.25) is 0 Å². The van der Waals surface area contributed by atoms with Crippen molar-refractivity contribution in [2.75, 3.05) is 5.73 Å². The Bertz CT molecular complexity index is 935. The highest BCUT2D eigenvalue weighted by Crippen LogP contribution is 2.27. The maximum Gasteiger partial charge on any atom is 0.0320 e. The van der Waals surface area contributed by atoms with Crippen LogP contribution in [-0.4, -0.2) is 0 Å². The fourth-order valence-corrected chi connectivity index (χ4v) is 3.27. The Morgan fingerprint density at radius 1 is 0.792 bits per heavy atom. The van der Waals surface area contributed by atoms with Gasteiger partial charge in [0.1, 0.15) is 0 Å². The molecule has 0 aromatic heterocycles. The van der Waals surface area contributed by atoms with E-state index in [2.05, 4.69) is 73.7 Å². The predicted octanol–water partition coefficient (Wildman–Crippen LogP) is 5.51. The number of benzene rings is 3. The van der Waals surface area contributed by atoms with Gasteiger partial charge >= 0.3 is 0 Å². The lowest BCUT2D eigenvalue weighted by atomic mass is 9.87. The Hall–Kier alpha value is -2.80. The molecule has 4 rings (SSSR count). The highest BCUT2D eigenvalue weighted by atomic mass is 14.5. The Labute approximate surface area is 143 Å². The maximum atomic E-state index is 5.96. The van der Waals surface area contributed by atoms with Crippen molar-refractivity contribution >= 4 is 17.8 Å². The second-order valence-electron chi connectivity index (χ2n) is 6.56. The van der Waals surface area contributed by atoms with Crippen LogP contribution in [0, 0.1) is 6.92 Å². The zero-order valence-electron chi connectivity index (χ0n) is 13.9. The lowest BCUT2D eigenvalue weighted by Gasteiger charge is -2.18. The van der Waals surface area contributed by atoms with Gasteiger partial charge in [-0.25, -0.2) is 0 Å². The first kappa shape index (κ1) is 14.8. The van der Waals surface area contributed by atoms with Crippen LogP contribution in [0.1, 0.15) is 27.8 Å². The van der Waals surface area contributed by atoms with Gasteiger partial charge in [-0.15, -0.1) is 0 Å². The highest BCUT2D eigenvalue weighted by molar-refractivity contribution is 5.76. The first-order valence-corrected chi connectivity index (χ1v) is 8.45. The Kier molecular flexibility index (Phi) is 3.70. The van der Waals surface area contributed by atoms with Gasteiger partial charge in [0.15, 0.2) is 0 Å². The summed E-state index contributed by atoms with van der Waals surface area (Å²) in [6.45, 7) is 2.12. The van der Waals surface area contributed by atoms with Crippen LogP contribution in [0.4, 0.5) is 5.69 Å². The lowest BCUT2D eigenvalue weighted by molar-refractivity contribution is 0.839. The smallest absolute Gasteiger partial charge is 0.0320 e. The molecule has 3 aromatic rings. The predicted molar refractivity (Wildman–Crippen MR) is 104 cm³/mol. The van der Waals surface area contributed by atoms with Crippen LogP contribution in [0.5, 0.6) is 0 Å². The molecule has 1 aliphatic rings. The molecule has 1 nitrogen and oxygen atoms in total. The van der Waals surface area contributed by atoms with Crippen molar-refractivity contribution in [3.8, 4) is 11.1 Å². The van der Waals surface area contributed by atoms with Gasteiger partial charge in [-0.1, -0.05) is 54.6 Å². The van der Waals surface area contributed by atoms with E-state index in [1.807, 2.05) is 6.07 Å². The van der Waals surface area contributed by atoms with Crippen LogP contribution >= 0.6 is 0 Å². The van der Waals surface area contributed by atoms with E-state index in [9.17, 15) is 0 Å². The molecule has 24 heavy (non-hydrogen) atoms. The number of anilines is 1. The van der Waals surface area contributed by atoms with Crippen molar-refractivity contribution in [1.82, 2.24) is 0 Å². The van der Waals surface area contributed by atoms with Crippen molar-refractivity contribution in [2.45, 2.75) is 19.8 Å². The monoisotopic (exact) mass is 311 g/mol. The molecule has 118 valence electrons. The van der Waals surface area contributed by atoms with Crippen LogP contribution in [0.25, 0.3) is 23.3 Å². The van der Waals surface area contributed by atoms with Gasteiger partial charge in [0.05, 0.1) is 0 Å². The summed E-state index contributed by atoms with van der Waals surface area (Å²) in [5.41, 5.74) is 15.9. The second kappa shape index (κ2) is 6.01. The summed E-state index contributed by atoms with van der Waals surface area (Å²) >= 11 is 0. The Morgan fingerprint density at radius 3 is 2.33 bits per heavy atom. The third kappa shape index (κ3) is 2.85. The van der Waals surface area contributed by atoms with Gasteiger partial charge in [0.2, 0.25) is 0 Å². The Morgan fingerprint density at radius 2 is 1.58 bits per heavy atom. The van der Waals surface area contributed by atoms with E-state index in [-0.39, 0.29) is 0 Å². The molecule has 0 unspecified atom stereocenters. The van der Waals surface area contributed by atoms with Crippen LogP contribution in [0.15, 0.2) is 60.7 Å². The molecule has 0 bridgehead atoms. The van der Waals surface area contributed by atoms with Crippen molar-refractivity contribution in [2.24, 2.45) is 0 Å². The zero-order valence-corrected chi connectivity index (χ0v) is 13.9. The van der Waals surface area contributed by atoms with Crippen molar-refractivity contribution in [1.29, 1.82) is 0 Å². The average molecular weight is 311 g/mol. The van der Waals surface area contributed by atoms with E-state index < -0.39 is 0 Å². The number of hydrogen-bond acceptors (Lipinski definition) is 1. The zero-order chi connectivity index (χ0) is 16.5. The number of nitrogen functional groups attached to an aromatic ring is 1. The summed E-state index contributed by atoms with van der Waals surface area (Å²) in [6.07, 6.45) is 6.84. The third-order valence-corrected chi connectivity index (χ3v) is 4.82. The number of aryl methyl sites for hydroxylation is 3. The van der Waals surface area contributed by atoms with E-state index in [4.69, 9.17) is 5.73 Å². The number of rotatable bonds is 3. The third-order valence-electron chi connectivity index (χ3n) is 4.82. The molecular weight excluding hydrogens is 290 g/mol. The molecule has 0 amide bonds. The molecule has 0 aliphatic heterocycles. The van der Waals surface area contributed by atoms with E-state index in [0.717, 1.165) is 5.69 Å². The maximum absolute atomic E-state index is 5.96. The largest absolute Gasteiger partial charge is 0.399 e. The van der Waals surface area contributed by atoms with Crippen LogP contribution in [0.3, 0.4) is 0 Å². The van der Waals surface area contributed by atoms with Gasteiger partial charge < -0.3 is 5.73 Å². The molecule has 0 saturated carbocycles. The molecule has 1 heteroatoms. The lowest BCUT2D eigenvalue weighted by Crippen LogP contribution is -2.07. The second-order valence-corrected chi connectivity index (χ2v) is 6.56. The van der Waals surface area contributed by atoms with E-state index >= 15 is 0 Å². The molecule has 3 aromatic carbocycles. The molecule has 0 fully saturated rings. The summed E-state index contributed by atoms with van der Waals surface area (Å²) in [6, 6.07) is 21.5. The highest BCUT2D eigenvalue weighted by Gasteiger charge is 2.11. The molecule has 0 spiro atoms. The standard InChI is InChI=1S/C23H21N/c1-16-5-12-22(24)15-23(16)21-4-2-3-17(14-21)6-7-18-8-9-19-10-11-20(19)13-18/h2-9,12-15H,10-11,24H2,1H3/b7-6+.